The Morgan fingerprint density at radius 2 is 2.11 bits per heavy atom. The topological polar surface area (TPSA) is 111 Å². The van der Waals surface area contributed by atoms with Gasteiger partial charge in [-0.1, -0.05) is 0 Å². The van der Waals surface area contributed by atoms with Crippen LogP contribution in [-0.2, 0) is 11.2 Å². The largest absolute Gasteiger partial charge is 0.395 e. The summed E-state index contributed by atoms with van der Waals surface area (Å²) in [5.74, 6) is 0.975. The Balaban J connectivity index is 1.72. The van der Waals surface area contributed by atoms with Crippen molar-refractivity contribution in [2.45, 2.75) is 12.8 Å². The summed E-state index contributed by atoms with van der Waals surface area (Å²) in [6.07, 6.45) is 0.939. The number of piperazine rings is 1. The van der Waals surface area contributed by atoms with Crippen LogP contribution in [0.1, 0.15) is 12.2 Å². The molecule has 1 amide bonds. The summed E-state index contributed by atoms with van der Waals surface area (Å²) in [7, 11) is 0. The fourth-order valence-electron chi connectivity index (χ4n) is 2.17. The van der Waals surface area contributed by atoms with E-state index in [1.807, 2.05) is 4.90 Å². The summed E-state index contributed by atoms with van der Waals surface area (Å²) in [4.78, 5) is 20.0. The Morgan fingerprint density at radius 1 is 1.37 bits per heavy atom. The highest BCUT2D eigenvalue weighted by Crippen LogP contribution is 2.06. The van der Waals surface area contributed by atoms with Crippen molar-refractivity contribution in [2.75, 3.05) is 45.1 Å². The van der Waals surface area contributed by atoms with Crippen LogP contribution in [0.5, 0.6) is 0 Å². The zero-order chi connectivity index (χ0) is 13.7. The second-order valence-corrected chi connectivity index (χ2v) is 4.59. The standard InChI is InChI=1S/C11H20N6O2/c12-11-13-9(14-15-11)1-2-10(19)17-5-3-16(4-6-17)7-8-18/h18H,1-8H2,(H3,12,13,14,15). The molecular formula is C11H20N6O2. The lowest BCUT2D eigenvalue weighted by Crippen LogP contribution is -2.49. The number of hydrogen-bond donors (Lipinski definition) is 3. The average molecular weight is 268 g/mol. The number of carbonyl (C=O) groups is 1. The second-order valence-electron chi connectivity index (χ2n) is 4.59. The van der Waals surface area contributed by atoms with Gasteiger partial charge in [0.25, 0.3) is 0 Å². The molecule has 106 valence electrons. The predicted octanol–water partition coefficient (Wildman–Crippen LogP) is -1.54. The molecule has 8 heteroatoms. The van der Waals surface area contributed by atoms with Crippen LogP contribution < -0.4 is 5.73 Å². The number of hydrogen-bond acceptors (Lipinski definition) is 6. The summed E-state index contributed by atoms with van der Waals surface area (Å²) in [6, 6.07) is 0. The van der Waals surface area contributed by atoms with Crippen molar-refractivity contribution in [3.05, 3.63) is 5.82 Å². The monoisotopic (exact) mass is 268 g/mol. The molecule has 4 N–H and O–H groups in total. The van der Waals surface area contributed by atoms with Gasteiger partial charge in [-0.2, -0.15) is 4.98 Å². The van der Waals surface area contributed by atoms with Crippen LogP contribution in [0.2, 0.25) is 0 Å². The third kappa shape index (κ3) is 3.90. The maximum atomic E-state index is 12.0. The minimum atomic E-state index is 0.124. The van der Waals surface area contributed by atoms with Gasteiger partial charge >= 0.3 is 0 Å². The SMILES string of the molecule is Nc1n[nH]c(CCC(=O)N2CCN(CCO)CC2)n1. The Labute approximate surface area is 111 Å². The van der Waals surface area contributed by atoms with Gasteiger partial charge < -0.3 is 15.7 Å². The summed E-state index contributed by atoms with van der Waals surface area (Å²) in [5.41, 5.74) is 5.40. The van der Waals surface area contributed by atoms with Crippen LogP contribution in [0.3, 0.4) is 0 Å². The number of aryl methyl sites for hydroxylation is 1. The molecule has 0 unspecified atom stereocenters. The number of β-amino-alcohol motifs (C(OH)–C–C–N with tert-alkyl or cyclic N) is 1. The number of rotatable bonds is 5. The number of aromatic nitrogens is 3. The minimum Gasteiger partial charge on any atom is -0.395 e. The molecule has 0 aliphatic carbocycles. The number of nitrogens with two attached hydrogens (primary N) is 1. The first-order chi connectivity index (χ1) is 9.19. The van der Waals surface area contributed by atoms with Crippen molar-refractivity contribution >= 4 is 11.9 Å². The number of nitrogen functional groups attached to an aromatic ring is 1. The van der Waals surface area contributed by atoms with E-state index in [-0.39, 0.29) is 18.5 Å². The normalized spacial score (nSPS) is 16.8. The highest BCUT2D eigenvalue weighted by molar-refractivity contribution is 5.76. The van der Waals surface area contributed by atoms with E-state index in [4.69, 9.17) is 10.8 Å². The number of nitrogens with zero attached hydrogens (tertiary/aromatic N) is 4. The summed E-state index contributed by atoms with van der Waals surface area (Å²) in [6.45, 7) is 3.93. The van der Waals surface area contributed by atoms with Gasteiger partial charge in [-0.05, 0) is 0 Å². The Kier molecular flexibility index (Phi) is 4.69. The van der Waals surface area contributed by atoms with E-state index in [0.29, 0.717) is 25.2 Å². The number of aliphatic hydroxyl groups is 1. The quantitative estimate of drug-likeness (QED) is 0.596. The van der Waals surface area contributed by atoms with Crippen molar-refractivity contribution in [3.8, 4) is 0 Å². The van der Waals surface area contributed by atoms with Gasteiger partial charge in [0.2, 0.25) is 11.9 Å². The van der Waals surface area contributed by atoms with Crippen LogP contribution in [-0.4, -0.2) is 75.3 Å². The van der Waals surface area contributed by atoms with Gasteiger partial charge in [-0.3, -0.25) is 14.8 Å². The fourth-order valence-corrected chi connectivity index (χ4v) is 2.17. The van der Waals surface area contributed by atoms with Gasteiger partial charge in [0.15, 0.2) is 0 Å². The van der Waals surface area contributed by atoms with Crippen LogP contribution in [0.4, 0.5) is 5.95 Å². The summed E-state index contributed by atoms with van der Waals surface area (Å²) in [5, 5.41) is 15.3. The molecule has 0 bridgehead atoms. The van der Waals surface area contributed by atoms with Crippen molar-refractivity contribution in [1.29, 1.82) is 0 Å². The Morgan fingerprint density at radius 3 is 2.68 bits per heavy atom. The molecule has 1 aromatic heterocycles. The van der Waals surface area contributed by atoms with Crippen LogP contribution >= 0.6 is 0 Å². The lowest BCUT2D eigenvalue weighted by molar-refractivity contribution is -0.133. The van der Waals surface area contributed by atoms with E-state index in [2.05, 4.69) is 20.1 Å². The molecule has 2 rings (SSSR count). The maximum absolute atomic E-state index is 12.0. The van der Waals surface area contributed by atoms with Gasteiger partial charge in [0.05, 0.1) is 6.61 Å². The van der Waals surface area contributed by atoms with Crippen LogP contribution in [0.25, 0.3) is 0 Å². The molecule has 2 heterocycles. The van der Waals surface area contributed by atoms with Gasteiger partial charge in [-0.25, -0.2) is 0 Å². The molecule has 0 spiro atoms. The third-order valence-electron chi connectivity index (χ3n) is 3.27. The molecular weight excluding hydrogens is 248 g/mol. The van der Waals surface area contributed by atoms with E-state index >= 15 is 0 Å². The number of aliphatic hydroxyl groups excluding tert-OH is 1. The van der Waals surface area contributed by atoms with Crippen LogP contribution in [0, 0.1) is 0 Å². The van der Waals surface area contributed by atoms with Crippen LogP contribution in [0.15, 0.2) is 0 Å². The smallest absolute Gasteiger partial charge is 0.239 e. The Bertz CT molecular complexity index is 413. The molecule has 19 heavy (non-hydrogen) atoms. The van der Waals surface area contributed by atoms with Crippen molar-refractivity contribution < 1.29 is 9.90 Å². The van der Waals surface area contributed by atoms with Gasteiger partial charge in [0, 0.05) is 45.6 Å². The lowest BCUT2D eigenvalue weighted by Gasteiger charge is -2.34. The van der Waals surface area contributed by atoms with E-state index in [0.717, 1.165) is 26.2 Å². The average Bonchev–Trinajstić information content (AvgIpc) is 2.83. The fraction of sp³-hybridized carbons (Fsp3) is 0.727. The molecule has 8 nitrogen and oxygen atoms in total. The molecule has 0 radical (unpaired) electrons. The summed E-state index contributed by atoms with van der Waals surface area (Å²) >= 11 is 0. The molecule has 1 aromatic rings. The van der Waals surface area contributed by atoms with Crippen molar-refractivity contribution in [1.82, 2.24) is 25.0 Å². The zero-order valence-electron chi connectivity index (χ0n) is 10.9. The number of amides is 1. The second kappa shape index (κ2) is 6.48. The first-order valence-corrected chi connectivity index (χ1v) is 6.47. The number of H-pyrrole nitrogens is 1. The number of aromatic amines is 1. The molecule has 1 aliphatic heterocycles. The van der Waals surface area contributed by atoms with E-state index in [1.165, 1.54) is 0 Å². The van der Waals surface area contributed by atoms with Gasteiger partial charge in [0.1, 0.15) is 5.82 Å². The first-order valence-electron chi connectivity index (χ1n) is 6.47. The molecule has 1 fully saturated rings. The summed E-state index contributed by atoms with van der Waals surface area (Å²) < 4.78 is 0. The predicted molar refractivity (Wildman–Crippen MR) is 69.2 cm³/mol. The number of anilines is 1. The molecule has 1 aliphatic rings. The molecule has 0 atom stereocenters. The maximum Gasteiger partial charge on any atom is 0.239 e. The lowest BCUT2D eigenvalue weighted by atomic mass is 10.2. The van der Waals surface area contributed by atoms with Crippen molar-refractivity contribution in [2.24, 2.45) is 0 Å². The highest BCUT2D eigenvalue weighted by atomic mass is 16.3. The van der Waals surface area contributed by atoms with Crippen molar-refractivity contribution in [3.63, 3.8) is 0 Å². The number of nitrogens with one attached hydrogen (secondary N) is 1. The minimum absolute atomic E-state index is 0.124. The third-order valence-corrected chi connectivity index (χ3v) is 3.27. The molecule has 0 aromatic carbocycles. The zero-order valence-corrected chi connectivity index (χ0v) is 10.9. The van der Waals surface area contributed by atoms with E-state index in [9.17, 15) is 4.79 Å². The molecule has 1 saturated heterocycles. The van der Waals surface area contributed by atoms with E-state index < -0.39 is 0 Å². The number of carbonyl (C=O) groups excluding carboxylic acids is 1. The first kappa shape index (κ1) is 13.8. The Hall–Kier alpha value is -1.67. The van der Waals surface area contributed by atoms with E-state index in [1.54, 1.807) is 0 Å². The highest BCUT2D eigenvalue weighted by Gasteiger charge is 2.20. The molecule has 0 saturated carbocycles. The van der Waals surface area contributed by atoms with Gasteiger partial charge in [-0.15, -0.1) is 5.10 Å².